The summed E-state index contributed by atoms with van der Waals surface area (Å²) in [7, 11) is 0. The molecule has 0 bridgehead atoms. The van der Waals surface area contributed by atoms with Crippen LogP contribution in [-0.2, 0) is 4.79 Å². The van der Waals surface area contributed by atoms with Gasteiger partial charge in [0.2, 0.25) is 5.91 Å². The van der Waals surface area contributed by atoms with Gasteiger partial charge in [-0.3, -0.25) is 14.5 Å². The second-order valence-corrected chi connectivity index (χ2v) is 7.28. The van der Waals surface area contributed by atoms with Crippen LogP contribution in [0.1, 0.15) is 10.4 Å². The smallest absolute Gasteiger partial charge is 0.259 e. The predicted octanol–water partition coefficient (Wildman–Crippen LogP) is 4.49. The summed E-state index contributed by atoms with van der Waals surface area (Å²) in [5.74, 6) is -0.574. The van der Waals surface area contributed by atoms with E-state index >= 15 is 0 Å². The van der Waals surface area contributed by atoms with Gasteiger partial charge in [-0.05, 0) is 36.4 Å². The highest BCUT2D eigenvalue weighted by atomic mass is 35.5. The molecule has 1 aliphatic heterocycles. The highest BCUT2D eigenvalue weighted by Crippen LogP contribution is 2.39. The Morgan fingerprint density at radius 1 is 1.07 bits per heavy atom. The van der Waals surface area contributed by atoms with Crippen LogP contribution in [0.4, 0.5) is 11.4 Å². The first-order valence-electron chi connectivity index (χ1n) is 8.21. The highest BCUT2D eigenvalue weighted by molar-refractivity contribution is 7.99. The average Bonchev–Trinajstić information content (AvgIpc) is 2.79. The number of carbonyl (C=O) groups is 2. The fraction of sp³-hybridized carbons (Fsp3) is 0.0500. The second-order valence-electron chi connectivity index (χ2n) is 5.85. The zero-order valence-corrected chi connectivity index (χ0v) is 15.6. The van der Waals surface area contributed by atoms with Crippen molar-refractivity contribution < 1.29 is 9.59 Å². The van der Waals surface area contributed by atoms with E-state index in [-0.39, 0.29) is 18.4 Å². The molecule has 0 saturated carbocycles. The first kappa shape index (κ1) is 17.6. The van der Waals surface area contributed by atoms with Crippen molar-refractivity contribution in [2.75, 3.05) is 16.8 Å². The van der Waals surface area contributed by atoms with E-state index in [4.69, 9.17) is 11.6 Å². The van der Waals surface area contributed by atoms with E-state index in [2.05, 4.69) is 10.3 Å². The third-order valence-electron chi connectivity index (χ3n) is 4.06. The van der Waals surface area contributed by atoms with E-state index in [1.165, 1.54) is 16.7 Å². The van der Waals surface area contributed by atoms with Crippen LogP contribution in [0.3, 0.4) is 0 Å². The van der Waals surface area contributed by atoms with Crippen molar-refractivity contribution in [1.29, 1.82) is 0 Å². The van der Waals surface area contributed by atoms with Gasteiger partial charge >= 0.3 is 0 Å². The second kappa shape index (κ2) is 7.42. The van der Waals surface area contributed by atoms with Crippen LogP contribution in [0, 0.1) is 0 Å². The van der Waals surface area contributed by atoms with Crippen molar-refractivity contribution in [1.82, 2.24) is 4.98 Å². The molecule has 0 unspecified atom stereocenters. The Bertz CT molecular complexity index is 1040. The molecular weight excluding hydrogens is 382 g/mol. The van der Waals surface area contributed by atoms with Crippen molar-refractivity contribution in [3.63, 3.8) is 0 Å². The minimum absolute atomic E-state index is 0.141. The molecule has 0 saturated heterocycles. The molecule has 27 heavy (non-hydrogen) atoms. The van der Waals surface area contributed by atoms with Crippen molar-refractivity contribution >= 4 is 46.6 Å². The minimum atomic E-state index is -0.337. The quantitative estimate of drug-likeness (QED) is 0.710. The number of hydrogen-bond donors (Lipinski definition) is 1. The van der Waals surface area contributed by atoms with E-state index in [0.717, 1.165) is 4.90 Å². The Balaban J connectivity index is 1.67. The lowest BCUT2D eigenvalue weighted by molar-refractivity contribution is -0.114. The Morgan fingerprint density at radius 2 is 1.85 bits per heavy atom. The largest absolute Gasteiger partial charge is 0.323 e. The van der Waals surface area contributed by atoms with Gasteiger partial charge in [0.15, 0.2) is 0 Å². The summed E-state index contributed by atoms with van der Waals surface area (Å²) in [6.45, 7) is -0.141. The molecule has 3 aromatic rings. The molecule has 1 N–H and O–H groups in total. The van der Waals surface area contributed by atoms with Crippen LogP contribution in [-0.4, -0.2) is 23.3 Å². The van der Waals surface area contributed by atoms with Gasteiger partial charge in [0.1, 0.15) is 11.6 Å². The molecule has 2 heterocycles. The highest BCUT2D eigenvalue weighted by Gasteiger charge is 2.29. The zero-order chi connectivity index (χ0) is 18.8. The normalized spacial score (nSPS) is 12.8. The first-order chi connectivity index (χ1) is 13.1. The van der Waals surface area contributed by atoms with Gasteiger partial charge in [0.05, 0.1) is 22.0 Å². The molecule has 1 aliphatic rings. The number of nitrogens with zero attached hydrogens (tertiary/aromatic N) is 2. The molecule has 2 amide bonds. The molecule has 0 fully saturated rings. The summed E-state index contributed by atoms with van der Waals surface area (Å²) >= 11 is 7.52. The summed E-state index contributed by atoms with van der Waals surface area (Å²) < 4.78 is 0. The number of benzene rings is 2. The van der Waals surface area contributed by atoms with Gasteiger partial charge in [-0.25, -0.2) is 4.98 Å². The van der Waals surface area contributed by atoms with Crippen molar-refractivity contribution in [3.8, 4) is 0 Å². The SMILES string of the molecule is O=C(CN1C(=O)c2ccccc2Sc2ncccc21)Nc1ccccc1Cl. The van der Waals surface area contributed by atoms with E-state index in [1.54, 1.807) is 48.7 Å². The van der Waals surface area contributed by atoms with Gasteiger partial charge in [-0.2, -0.15) is 0 Å². The number of aromatic nitrogens is 1. The maximum Gasteiger partial charge on any atom is 0.259 e. The minimum Gasteiger partial charge on any atom is -0.323 e. The first-order valence-corrected chi connectivity index (χ1v) is 9.41. The molecule has 0 spiro atoms. The number of anilines is 2. The number of para-hydroxylation sites is 1. The molecule has 4 rings (SSSR count). The molecule has 0 atom stereocenters. The average molecular weight is 396 g/mol. The summed E-state index contributed by atoms with van der Waals surface area (Å²) in [5, 5.41) is 3.88. The Kier molecular flexibility index (Phi) is 4.83. The zero-order valence-electron chi connectivity index (χ0n) is 14.1. The van der Waals surface area contributed by atoms with Crippen LogP contribution in [0.25, 0.3) is 0 Å². The van der Waals surface area contributed by atoms with Gasteiger partial charge in [0, 0.05) is 11.1 Å². The van der Waals surface area contributed by atoms with Crippen molar-refractivity contribution in [2.24, 2.45) is 0 Å². The third kappa shape index (κ3) is 3.54. The van der Waals surface area contributed by atoms with Crippen LogP contribution in [0.5, 0.6) is 0 Å². The Hall–Kier alpha value is -2.83. The van der Waals surface area contributed by atoms with Gasteiger partial charge in [0.25, 0.3) is 5.91 Å². The molecular formula is C20H14ClN3O2S. The van der Waals surface area contributed by atoms with Gasteiger partial charge in [-0.15, -0.1) is 0 Å². The predicted molar refractivity (Wildman–Crippen MR) is 107 cm³/mol. The van der Waals surface area contributed by atoms with E-state index < -0.39 is 0 Å². The lowest BCUT2D eigenvalue weighted by Gasteiger charge is -2.22. The third-order valence-corrected chi connectivity index (χ3v) is 5.47. The fourth-order valence-electron chi connectivity index (χ4n) is 2.81. The van der Waals surface area contributed by atoms with Crippen LogP contribution in [0.2, 0.25) is 5.02 Å². The molecule has 5 nitrogen and oxygen atoms in total. The summed E-state index contributed by atoms with van der Waals surface area (Å²) in [5.41, 5.74) is 1.66. The number of halogens is 1. The van der Waals surface area contributed by atoms with E-state index in [1.807, 2.05) is 18.2 Å². The summed E-state index contributed by atoms with van der Waals surface area (Å²) in [6.07, 6.45) is 1.67. The lowest BCUT2D eigenvalue weighted by Crippen LogP contribution is -2.38. The molecule has 1 aromatic heterocycles. The number of carbonyl (C=O) groups excluding carboxylic acids is 2. The van der Waals surface area contributed by atoms with Crippen molar-refractivity contribution in [2.45, 2.75) is 9.92 Å². The van der Waals surface area contributed by atoms with E-state index in [0.29, 0.717) is 27.0 Å². The molecule has 7 heteroatoms. The molecule has 0 aliphatic carbocycles. The Morgan fingerprint density at radius 3 is 2.70 bits per heavy atom. The van der Waals surface area contributed by atoms with Crippen molar-refractivity contribution in [3.05, 3.63) is 77.4 Å². The maximum absolute atomic E-state index is 13.1. The van der Waals surface area contributed by atoms with E-state index in [9.17, 15) is 9.59 Å². The number of rotatable bonds is 3. The van der Waals surface area contributed by atoms with Gasteiger partial charge < -0.3 is 5.32 Å². The van der Waals surface area contributed by atoms with Crippen LogP contribution >= 0.6 is 23.4 Å². The summed E-state index contributed by atoms with van der Waals surface area (Å²) in [6, 6.07) is 17.8. The molecule has 0 radical (unpaired) electrons. The number of amides is 2. The molecule has 134 valence electrons. The van der Waals surface area contributed by atoms with Crippen LogP contribution < -0.4 is 10.2 Å². The number of hydrogen-bond acceptors (Lipinski definition) is 4. The topological polar surface area (TPSA) is 62.3 Å². The lowest BCUT2D eigenvalue weighted by atomic mass is 10.2. The Labute approximate surface area is 165 Å². The number of pyridine rings is 1. The van der Waals surface area contributed by atoms with Gasteiger partial charge in [-0.1, -0.05) is 47.6 Å². The number of fused-ring (bicyclic) bond motifs is 2. The molecule has 2 aromatic carbocycles. The van der Waals surface area contributed by atoms with Crippen LogP contribution in [0.15, 0.2) is 76.8 Å². The number of nitrogens with one attached hydrogen (secondary N) is 1. The monoisotopic (exact) mass is 395 g/mol. The standard InChI is InChI=1S/C20H14ClN3O2S/c21-14-7-2-3-8-15(14)23-18(25)12-24-16-9-5-11-22-19(16)27-17-10-4-1-6-13(17)20(24)26/h1-11H,12H2,(H,23,25). The fourth-order valence-corrected chi connectivity index (χ4v) is 4.01. The summed E-state index contributed by atoms with van der Waals surface area (Å²) in [4.78, 5) is 32.4. The maximum atomic E-state index is 13.1.